The van der Waals surface area contributed by atoms with E-state index in [0.29, 0.717) is 10.8 Å². The van der Waals surface area contributed by atoms with Crippen molar-refractivity contribution in [2.45, 2.75) is 50.6 Å². The highest BCUT2D eigenvalue weighted by Crippen LogP contribution is 2.42. The second kappa shape index (κ2) is 7.11. The van der Waals surface area contributed by atoms with E-state index in [4.69, 9.17) is 15.2 Å². The zero-order valence-corrected chi connectivity index (χ0v) is 14.8. The summed E-state index contributed by atoms with van der Waals surface area (Å²) in [5.41, 5.74) is 0.738. The smallest absolute Gasteiger partial charge is 0.330 e. The Kier molecular flexibility index (Phi) is 5.57. The van der Waals surface area contributed by atoms with E-state index in [9.17, 15) is 29.0 Å². The average Bonchev–Trinajstić information content (AvgIpc) is 2.76. The number of hydrogen-bond acceptors (Lipinski definition) is 8. The summed E-state index contributed by atoms with van der Waals surface area (Å²) < 4.78 is 38.7. The van der Waals surface area contributed by atoms with Gasteiger partial charge in [-0.25, -0.2) is 9.18 Å². The van der Waals surface area contributed by atoms with Gasteiger partial charge in [0.05, 0.1) is 6.20 Å². The van der Waals surface area contributed by atoms with E-state index in [0.717, 1.165) is 6.92 Å². The number of aromatic nitrogens is 2. The van der Waals surface area contributed by atoms with Crippen LogP contribution >= 0.6 is 0 Å². The molecule has 0 spiro atoms. The summed E-state index contributed by atoms with van der Waals surface area (Å²) in [6, 6.07) is -1.06. The molecule has 27 heavy (non-hydrogen) atoms. The summed E-state index contributed by atoms with van der Waals surface area (Å²) >= 11 is 0. The number of H-pyrrole nitrogens is 1. The normalized spacial score (nSPS) is 31.9. The highest BCUT2D eigenvalue weighted by molar-refractivity contribution is 5.75. The maximum atomic E-state index is 15.0. The molecule has 152 valence electrons. The summed E-state index contributed by atoms with van der Waals surface area (Å²) in [4.78, 5) is 36.5. The van der Waals surface area contributed by atoms with Crippen LogP contribution in [0.25, 0.3) is 0 Å². The van der Waals surface area contributed by atoms with E-state index in [-0.39, 0.29) is 5.92 Å². The van der Waals surface area contributed by atoms with Crippen LogP contribution in [0.4, 0.5) is 8.78 Å². The zero-order valence-electron chi connectivity index (χ0n) is 14.8. The van der Waals surface area contributed by atoms with Crippen LogP contribution in [0.1, 0.15) is 20.8 Å². The minimum Gasteiger partial charge on any atom is -0.458 e. The Balaban J connectivity index is 2.31. The molecule has 1 saturated heterocycles. The first-order valence-corrected chi connectivity index (χ1v) is 8.03. The number of alkyl halides is 1. The van der Waals surface area contributed by atoms with Crippen LogP contribution in [0.2, 0.25) is 0 Å². The van der Waals surface area contributed by atoms with Crippen LogP contribution in [0.15, 0.2) is 15.8 Å². The number of esters is 1. The van der Waals surface area contributed by atoms with E-state index >= 15 is 4.39 Å². The number of aromatic amines is 1. The predicted octanol–water partition coefficient (Wildman–Crippen LogP) is -1.71. The molecule has 2 heterocycles. The van der Waals surface area contributed by atoms with Gasteiger partial charge in [-0.15, -0.1) is 0 Å². The lowest BCUT2D eigenvalue weighted by atomic mass is 10.0. The number of aliphatic hydroxyl groups excluding tert-OH is 2. The van der Waals surface area contributed by atoms with E-state index in [1.54, 1.807) is 18.8 Å². The molecule has 1 aliphatic rings. The number of hydrogen-bond donors (Lipinski definition) is 4. The van der Waals surface area contributed by atoms with Gasteiger partial charge in [0.1, 0.15) is 18.2 Å². The standard InChI is InChI=1S/C15H21F2N3O7/c1-6(2)8(18)12(24)26-5-15(17)10(22)9(21)14(3,27-15)20-4-7(16)11(23)19-13(20)25/h4,6,8-10,21-22H,5,18H2,1-3H3,(H,19,23,25)/t8-,9+,10-,14+,15+/m0/s1. The molecular weight excluding hydrogens is 372 g/mol. The van der Waals surface area contributed by atoms with Gasteiger partial charge in [0.25, 0.3) is 11.4 Å². The number of ether oxygens (including phenoxy) is 2. The summed E-state index contributed by atoms with van der Waals surface area (Å²) in [6.45, 7) is 3.12. The molecule has 1 aromatic rings. The minimum atomic E-state index is -3.12. The van der Waals surface area contributed by atoms with Crippen molar-refractivity contribution in [3.63, 3.8) is 0 Å². The highest BCUT2D eigenvalue weighted by Gasteiger charge is 2.63. The largest absolute Gasteiger partial charge is 0.458 e. The average molecular weight is 393 g/mol. The van der Waals surface area contributed by atoms with E-state index < -0.39 is 59.5 Å². The van der Waals surface area contributed by atoms with Gasteiger partial charge in [-0.05, 0) is 12.8 Å². The molecule has 0 bridgehead atoms. The third-order valence-electron chi connectivity index (χ3n) is 4.44. The Morgan fingerprint density at radius 1 is 1.44 bits per heavy atom. The molecule has 1 aliphatic heterocycles. The number of halogens is 2. The summed E-state index contributed by atoms with van der Waals surface area (Å²) in [6.07, 6.45) is -3.92. The molecule has 1 fully saturated rings. The van der Waals surface area contributed by atoms with Crippen LogP contribution in [0.3, 0.4) is 0 Å². The third kappa shape index (κ3) is 3.65. The first-order chi connectivity index (χ1) is 12.3. The maximum absolute atomic E-state index is 15.0. The van der Waals surface area contributed by atoms with Crippen LogP contribution < -0.4 is 17.0 Å². The van der Waals surface area contributed by atoms with Gasteiger partial charge in [0, 0.05) is 0 Å². The van der Waals surface area contributed by atoms with Crippen molar-refractivity contribution in [1.29, 1.82) is 0 Å². The fourth-order valence-corrected chi connectivity index (χ4v) is 2.61. The molecule has 0 aliphatic carbocycles. The number of nitrogens with two attached hydrogens (primary N) is 1. The molecule has 10 nitrogen and oxygen atoms in total. The number of aliphatic hydroxyl groups is 2. The molecule has 12 heteroatoms. The lowest BCUT2D eigenvalue weighted by Crippen LogP contribution is -2.50. The molecule has 0 aromatic carbocycles. The quantitative estimate of drug-likeness (QED) is 0.431. The van der Waals surface area contributed by atoms with Crippen molar-refractivity contribution in [3.8, 4) is 0 Å². The fraction of sp³-hybridized carbons (Fsp3) is 0.667. The van der Waals surface area contributed by atoms with Gasteiger partial charge in [0.2, 0.25) is 5.82 Å². The second-order valence-electron chi connectivity index (χ2n) is 6.82. The topological polar surface area (TPSA) is 157 Å². The van der Waals surface area contributed by atoms with Gasteiger partial charge < -0.3 is 25.4 Å². The summed E-state index contributed by atoms with van der Waals surface area (Å²) in [5.74, 6) is -5.78. The number of nitrogens with one attached hydrogen (secondary N) is 1. The van der Waals surface area contributed by atoms with Crippen molar-refractivity contribution < 1.29 is 33.3 Å². The highest BCUT2D eigenvalue weighted by atomic mass is 19.2. The SMILES string of the molecule is CC(C)[C@H](N)C(=O)OC[C@@]1(F)O[C@@](C)(n2cc(F)c(=O)[nH]c2=O)[C@H](O)[C@@H]1O. The maximum Gasteiger partial charge on any atom is 0.330 e. The lowest BCUT2D eigenvalue weighted by Gasteiger charge is -2.30. The lowest BCUT2D eigenvalue weighted by molar-refractivity contribution is -0.245. The van der Waals surface area contributed by atoms with E-state index in [1.165, 1.54) is 0 Å². The van der Waals surface area contributed by atoms with E-state index in [1.807, 2.05) is 0 Å². The molecule has 0 unspecified atom stereocenters. The molecule has 5 N–H and O–H groups in total. The number of rotatable bonds is 5. The zero-order chi connectivity index (χ0) is 20.7. The van der Waals surface area contributed by atoms with Crippen LogP contribution in [0.5, 0.6) is 0 Å². The molecule has 0 amide bonds. The third-order valence-corrected chi connectivity index (χ3v) is 4.44. The van der Waals surface area contributed by atoms with E-state index in [2.05, 4.69) is 0 Å². The van der Waals surface area contributed by atoms with Gasteiger partial charge in [-0.2, -0.15) is 4.39 Å². The van der Waals surface area contributed by atoms with Crippen LogP contribution in [-0.2, 0) is 20.0 Å². The molecule has 0 saturated carbocycles. The Morgan fingerprint density at radius 2 is 2.04 bits per heavy atom. The summed E-state index contributed by atoms with van der Waals surface area (Å²) in [5, 5.41) is 20.2. The number of nitrogens with zero attached hydrogens (tertiary/aromatic N) is 1. The Labute approximate surface area is 151 Å². The van der Waals surface area contributed by atoms with Crippen molar-refractivity contribution in [3.05, 3.63) is 32.9 Å². The predicted molar refractivity (Wildman–Crippen MR) is 85.6 cm³/mol. The fourth-order valence-electron chi connectivity index (χ4n) is 2.61. The monoisotopic (exact) mass is 393 g/mol. The van der Waals surface area contributed by atoms with Crippen molar-refractivity contribution >= 4 is 5.97 Å². The number of carbonyl (C=O) groups is 1. The first-order valence-electron chi connectivity index (χ1n) is 8.03. The Bertz CT molecular complexity index is 841. The number of carbonyl (C=O) groups excluding carboxylic acids is 1. The van der Waals surface area contributed by atoms with Gasteiger partial charge in [-0.1, -0.05) is 13.8 Å². The molecule has 5 atom stereocenters. The summed E-state index contributed by atoms with van der Waals surface area (Å²) in [7, 11) is 0. The van der Waals surface area contributed by atoms with Gasteiger partial charge >= 0.3 is 11.7 Å². The molecule has 1 aromatic heterocycles. The second-order valence-corrected chi connectivity index (χ2v) is 6.82. The minimum absolute atomic E-state index is 0.305. The van der Waals surface area contributed by atoms with Crippen LogP contribution in [0, 0.1) is 11.7 Å². The van der Waals surface area contributed by atoms with Crippen molar-refractivity contribution in [2.75, 3.05) is 6.61 Å². The Hall–Kier alpha value is -2.15. The van der Waals surface area contributed by atoms with Gasteiger partial charge in [-0.3, -0.25) is 19.1 Å². The molecule has 0 radical (unpaired) electrons. The van der Waals surface area contributed by atoms with Crippen LogP contribution in [-0.4, -0.2) is 56.4 Å². The Morgan fingerprint density at radius 3 is 2.59 bits per heavy atom. The molecular formula is C15H21F2N3O7. The van der Waals surface area contributed by atoms with Crippen molar-refractivity contribution in [1.82, 2.24) is 9.55 Å². The van der Waals surface area contributed by atoms with Crippen molar-refractivity contribution in [2.24, 2.45) is 11.7 Å². The van der Waals surface area contributed by atoms with Gasteiger partial charge in [0.15, 0.2) is 12.3 Å². The molecule has 2 rings (SSSR count). The first kappa shape index (κ1) is 21.2.